The van der Waals surface area contributed by atoms with Gasteiger partial charge in [0.2, 0.25) is 11.8 Å². The number of anilines is 1. The third-order valence-electron chi connectivity index (χ3n) is 8.35. The van der Waals surface area contributed by atoms with Gasteiger partial charge in [-0.3, -0.25) is 13.9 Å². The van der Waals surface area contributed by atoms with Crippen LogP contribution in [-0.2, 0) is 32.6 Å². The molecule has 4 aromatic rings. The van der Waals surface area contributed by atoms with E-state index < -0.39 is 34.3 Å². The number of amides is 2. The van der Waals surface area contributed by atoms with Crippen LogP contribution in [0, 0.1) is 5.82 Å². The van der Waals surface area contributed by atoms with Gasteiger partial charge >= 0.3 is 0 Å². The Balaban J connectivity index is 1.59. The van der Waals surface area contributed by atoms with Crippen molar-refractivity contribution in [2.75, 3.05) is 17.5 Å². The predicted molar refractivity (Wildman–Crippen MR) is 185 cm³/mol. The molecule has 48 heavy (non-hydrogen) atoms. The van der Waals surface area contributed by atoms with Crippen LogP contribution in [0.25, 0.3) is 0 Å². The number of para-hydroxylation sites is 2. The zero-order chi connectivity index (χ0) is 34.1. The van der Waals surface area contributed by atoms with Crippen molar-refractivity contribution in [2.24, 2.45) is 0 Å². The van der Waals surface area contributed by atoms with Gasteiger partial charge in [-0.15, -0.1) is 0 Å². The van der Waals surface area contributed by atoms with Crippen LogP contribution < -0.4 is 14.4 Å². The van der Waals surface area contributed by atoms with Gasteiger partial charge in [-0.2, -0.15) is 0 Å². The smallest absolute Gasteiger partial charge is 0.264 e. The Morgan fingerprint density at radius 1 is 0.896 bits per heavy atom. The van der Waals surface area contributed by atoms with Crippen LogP contribution >= 0.6 is 11.6 Å². The first-order valence-corrected chi connectivity index (χ1v) is 17.9. The molecule has 11 heteroatoms. The number of rotatable bonds is 14. The topological polar surface area (TPSA) is 96.0 Å². The van der Waals surface area contributed by atoms with E-state index in [4.69, 9.17) is 16.3 Å². The molecule has 0 radical (unpaired) electrons. The predicted octanol–water partition coefficient (Wildman–Crippen LogP) is 6.77. The lowest BCUT2D eigenvalue weighted by atomic mass is 10.0. The Labute approximate surface area is 286 Å². The van der Waals surface area contributed by atoms with Crippen LogP contribution in [0.2, 0.25) is 5.02 Å². The van der Waals surface area contributed by atoms with Gasteiger partial charge < -0.3 is 15.0 Å². The Morgan fingerprint density at radius 2 is 1.54 bits per heavy atom. The van der Waals surface area contributed by atoms with Gasteiger partial charge in [0.15, 0.2) is 0 Å². The number of benzene rings is 4. The molecule has 2 amide bonds. The van der Waals surface area contributed by atoms with Crippen molar-refractivity contribution in [3.05, 3.63) is 125 Å². The second kappa shape index (κ2) is 16.1. The highest BCUT2D eigenvalue weighted by Crippen LogP contribution is 2.33. The summed E-state index contributed by atoms with van der Waals surface area (Å²) in [6.45, 7) is 1.34. The molecular formula is C37H39ClFN3O5S. The monoisotopic (exact) mass is 691 g/mol. The first-order chi connectivity index (χ1) is 23.2. The van der Waals surface area contributed by atoms with Gasteiger partial charge in [0.1, 0.15) is 24.2 Å². The van der Waals surface area contributed by atoms with E-state index in [1.165, 1.54) is 41.3 Å². The number of halogens is 2. The molecule has 4 aromatic carbocycles. The Hall–Kier alpha value is -4.41. The van der Waals surface area contributed by atoms with Gasteiger partial charge in [-0.25, -0.2) is 12.8 Å². The quantitative estimate of drug-likeness (QED) is 0.158. The highest BCUT2D eigenvalue weighted by atomic mass is 35.5. The van der Waals surface area contributed by atoms with E-state index in [2.05, 4.69) is 5.32 Å². The number of nitrogens with one attached hydrogen (secondary N) is 1. The van der Waals surface area contributed by atoms with E-state index in [1.807, 2.05) is 30.3 Å². The molecule has 0 unspecified atom stereocenters. The minimum atomic E-state index is -4.35. The van der Waals surface area contributed by atoms with Gasteiger partial charge in [0, 0.05) is 24.0 Å². The number of ether oxygens (including phenoxy) is 1. The van der Waals surface area contributed by atoms with Crippen LogP contribution in [0.3, 0.4) is 0 Å². The third kappa shape index (κ3) is 8.73. The first kappa shape index (κ1) is 34.9. The molecular weight excluding hydrogens is 653 g/mol. The van der Waals surface area contributed by atoms with E-state index in [0.717, 1.165) is 35.6 Å². The molecule has 1 saturated carbocycles. The number of carbonyl (C=O) groups excluding carboxylic acids is 2. The summed E-state index contributed by atoms with van der Waals surface area (Å²) >= 11 is 6.08. The normalized spacial score (nSPS) is 13.9. The number of sulfonamides is 1. The Bertz CT molecular complexity index is 1780. The summed E-state index contributed by atoms with van der Waals surface area (Å²) in [5.74, 6) is -1.12. The van der Waals surface area contributed by atoms with Crippen molar-refractivity contribution >= 4 is 39.1 Å². The SMILES string of the molecule is CCOc1ccccc1N(CC(=O)N(Cc1ccc(F)cc1)[C@H](Cc1ccccc1)C(=O)NC1CCCC1)S(=O)(=O)c1ccc(Cl)cc1. The molecule has 1 fully saturated rings. The summed E-state index contributed by atoms with van der Waals surface area (Å²) in [4.78, 5) is 30.1. The maximum absolute atomic E-state index is 14.7. The van der Waals surface area contributed by atoms with Gasteiger partial charge in [0.05, 0.1) is 17.2 Å². The van der Waals surface area contributed by atoms with E-state index in [-0.39, 0.29) is 47.9 Å². The van der Waals surface area contributed by atoms with E-state index in [0.29, 0.717) is 10.6 Å². The number of hydrogen-bond donors (Lipinski definition) is 1. The lowest BCUT2D eigenvalue weighted by molar-refractivity contribution is -0.140. The van der Waals surface area contributed by atoms with Crippen molar-refractivity contribution < 1.29 is 27.1 Å². The molecule has 1 atom stereocenters. The molecule has 0 heterocycles. The van der Waals surface area contributed by atoms with Gasteiger partial charge in [-0.05, 0) is 79.4 Å². The van der Waals surface area contributed by atoms with Crippen LogP contribution in [-0.4, -0.2) is 50.4 Å². The van der Waals surface area contributed by atoms with E-state index in [1.54, 1.807) is 43.3 Å². The molecule has 5 rings (SSSR count). The van der Waals surface area contributed by atoms with E-state index >= 15 is 0 Å². The Morgan fingerprint density at radius 3 is 2.21 bits per heavy atom. The molecule has 0 spiro atoms. The average molecular weight is 692 g/mol. The highest BCUT2D eigenvalue weighted by molar-refractivity contribution is 7.92. The van der Waals surface area contributed by atoms with Crippen molar-refractivity contribution in [1.82, 2.24) is 10.2 Å². The van der Waals surface area contributed by atoms with Gasteiger partial charge in [-0.1, -0.05) is 79.0 Å². The fraction of sp³-hybridized carbons (Fsp3) is 0.297. The fourth-order valence-corrected chi connectivity index (χ4v) is 7.45. The van der Waals surface area contributed by atoms with Crippen molar-refractivity contribution in [3.63, 3.8) is 0 Å². The van der Waals surface area contributed by atoms with Crippen LogP contribution in [0.4, 0.5) is 10.1 Å². The van der Waals surface area contributed by atoms with Crippen molar-refractivity contribution in [1.29, 1.82) is 0 Å². The molecule has 0 aliphatic heterocycles. The van der Waals surface area contributed by atoms with Crippen LogP contribution in [0.15, 0.2) is 108 Å². The third-order valence-corrected chi connectivity index (χ3v) is 10.4. The number of carbonyl (C=O) groups is 2. The van der Waals surface area contributed by atoms with Gasteiger partial charge in [0.25, 0.3) is 10.0 Å². The van der Waals surface area contributed by atoms with Crippen LogP contribution in [0.1, 0.15) is 43.7 Å². The summed E-state index contributed by atoms with van der Waals surface area (Å²) in [6.07, 6.45) is 3.88. The molecule has 1 aliphatic carbocycles. The maximum Gasteiger partial charge on any atom is 0.264 e. The zero-order valence-corrected chi connectivity index (χ0v) is 28.3. The summed E-state index contributed by atoms with van der Waals surface area (Å²) in [7, 11) is -4.35. The molecule has 1 aliphatic rings. The highest BCUT2D eigenvalue weighted by Gasteiger charge is 2.36. The lowest BCUT2D eigenvalue weighted by Crippen LogP contribution is -2.54. The van der Waals surface area contributed by atoms with Crippen molar-refractivity contribution in [3.8, 4) is 5.75 Å². The first-order valence-electron chi connectivity index (χ1n) is 16.0. The standard InChI is InChI=1S/C37H39ClFN3O5S/c1-2-47-35-15-9-8-14-33(35)42(48(45,46)32-22-18-29(38)19-23-32)26-36(43)41(25-28-16-20-30(39)21-17-28)34(24-27-10-4-3-5-11-27)37(44)40-31-12-6-7-13-31/h3-5,8-11,14-23,31,34H,2,6-7,12-13,24-26H2,1H3,(H,40,44)/t34-/m1/s1. The molecule has 252 valence electrons. The minimum Gasteiger partial charge on any atom is -0.492 e. The molecule has 0 saturated heterocycles. The second-order valence-corrected chi connectivity index (χ2v) is 14.0. The average Bonchev–Trinajstić information content (AvgIpc) is 3.60. The number of nitrogens with zero attached hydrogens (tertiary/aromatic N) is 2. The number of hydrogen-bond acceptors (Lipinski definition) is 5. The Kier molecular flexibility index (Phi) is 11.7. The minimum absolute atomic E-state index is 0.0154. The maximum atomic E-state index is 14.7. The van der Waals surface area contributed by atoms with Crippen LogP contribution in [0.5, 0.6) is 5.75 Å². The molecule has 0 bridgehead atoms. The second-order valence-electron chi connectivity index (χ2n) is 11.7. The lowest BCUT2D eigenvalue weighted by Gasteiger charge is -2.34. The molecule has 8 nitrogen and oxygen atoms in total. The summed E-state index contributed by atoms with van der Waals surface area (Å²) in [5.41, 5.74) is 1.58. The zero-order valence-electron chi connectivity index (χ0n) is 26.7. The van der Waals surface area contributed by atoms with Crippen molar-refractivity contribution in [2.45, 2.75) is 62.6 Å². The summed E-state index contributed by atoms with van der Waals surface area (Å²) < 4.78 is 49.4. The summed E-state index contributed by atoms with van der Waals surface area (Å²) in [5, 5.41) is 3.50. The molecule has 1 N–H and O–H groups in total. The summed E-state index contributed by atoms with van der Waals surface area (Å²) in [6, 6.07) is 26.3. The fourth-order valence-electron chi connectivity index (χ4n) is 5.90. The largest absolute Gasteiger partial charge is 0.492 e. The van der Waals surface area contributed by atoms with E-state index in [9.17, 15) is 22.4 Å². The molecule has 0 aromatic heterocycles.